The maximum atomic E-state index is 12.0. The van der Waals surface area contributed by atoms with E-state index in [1.807, 2.05) is 50.8 Å². The number of hydrogen-bond donors (Lipinski definition) is 2. The molecule has 46 heavy (non-hydrogen) atoms. The average molecular weight is 625 g/mol. The fourth-order valence-electron chi connectivity index (χ4n) is 6.51. The van der Waals surface area contributed by atoms with Crippen LogP contribution in [0.25, 0.3) is 22.1 Å². The van der Waals surface area contributed by atoms with Crippen molar-refractivity contribution in [3.8, 4) is 12.1 Å². The predicted molar refractivity (Wildman–Crippen MR) is 173 cm³/mol. The third-order valence-corrected chi connectivity index (χ3v) is 9.33. The van der Waals surface area contributed by atoms with Gasteiger partial charge in [-0.3, -0.25) is 9.59 Å². The van der Waals surface area contributed by atoms with Crippen LogP contribution in [0.4, 0.5) is 11.6 Å². The Morgan fingerprint density at radius 2 is 1.20 bits per heavy atom. The van der Waals surface area contributed by atoms with Gasteiger partial charge in [0.2, 0.25) is 11.8 Å². The van der Waals surface area contributed by atoms with Crippen LogP contribution in [-0.2, 0) is 9.59 Å². The number of carbonyl (C=O) groups excluding carboxylic acids is 2. The molecule has 2 fully saturated rings. The lowest BCUT2D eigenvalue weighted by Crippen LogP contribution is -2.52. The second kappa shape index (κ2) is 14.2. The van der Waals surface area contributed by atoms with Crippen molar-refractivity contribution in [1.29, 1.82) is 10.5 Å². The first-order valence-corrected chi connectivity index (χ1v) is 15.5. The Balaban J connectivity index is 0.000000181. The summed E-state index contributed by atoms with van der Waals surface area (Å²) in [6.45, 7) is 7.07. The van der Waals surface area contributed by atoms with E-state index in [-0.39, 0.29) is 36.7 Å². The number of fused-ring (bicyclic) bond motifs is 2. The molecule has 2 amide bonds. The summed E-state index contributed by atoms with van der Waals surface area (Å²) >= 11 is 0. The van der Waals surface area contributed by atoms with E-state index in [9.17, 15) is 9.59 Å². The van der Waals surface area contributed by atoms with Crippen molar-refractivity contribution in [2.24, 2.45) is 11.8 Å². The minimum Gasteiger partial charge on any atom is -0.354 e. The van der Waals surface area contributed by atoms with Crippen molar-refractivity contribution in [3.05, 3.63) is 37.2 Å². The number of nitrogens with zero attached hydrogens (tertiary/aromatic N) is 10. The van der Waals surface area contributed by atoms with Crippen LogP contribution in [0.3, 0.4) is 0 Å². The van der Waals surface area contributed by atoms with E-state index in [0.29, 0.717) is 24.9 Å². The second-order valence-corrected chi connectivity index (χ2v) is 12.1. The quantitative estimate of drug-likeness (QED) is 0.324. The molecule has 4 unspecified atom stereocenters. The van der Waals surface area contributed by atoms with Crippen LogP contribution >= 0.6 is 0 Å². The first kappa shape index (κ1) is 32.2. The van der Waals surface area contributed by atoms with E-state index in [1.165, 1.54) is 0 Å². The number of likely N-dealkylation sites (tertiary alicyclic amines) is 2. The summed E-state index contributed by atoms with van der Waals surface area (Å²) in [5, 5.41) is 19.4. The molecule has 6 heterocycles. The number of amides is 2. The van der Waals surface area contributed by atoms with Gasteiger partial charge in [0.15, 0.2) is 0 Å². The van der Waals surface area contributed by atoms with Gasteiger partial charge in [0.25, 0.3) is 0 Å². The molecule has 2 aliphatic rings. The summed E-state index contributed by atoms with van der Waals surface area (Å²) in [5.41, 5.74) is 1.62. The average Bonchev–Trinajstić information content (AvgIpc) is 3.75. The molecule has 0 aliphatic carbocycles. The lowest BCUT2D eigenvalue weighted by molar-refractivity contribution is -0.132. The van der Waals surface area contributed by atoms with E-state index in [4.69, 9.17) is 10.5 Å². The number of nitriles is 2. The van der Waals surface area contributed by atoms with E-state index in [2.05, 4.69) is 53.6 Å². The van der Waals surface area contributed by atoms with E-state index in [1.54, 1.807) is 22.5 Å². The molecule has 0 bridgehead atoms. The molecule has 2 saturated heterocycles. The largest absolute Gasteiger partial charge is 0.354 e. The molecular weight excluding hydrogens is 584 g/mol. The fraction of sp³-hybridized carbons (Fsp3) is 0.500. The zero-order chi connectivity index (χ0) is 32.8. The molecule has 14 heteroatoms. The van der Waals surface area contributed by atoms with Crippen LogP contribution in [-0.4, -0.2) is 104 Å². The number of hydrogen-bond acceptors (Lipinski definition) is 10. The standard InChI is InChI=1S/2C16H20N6O/c2*1-11-5-8-22(14(23)3-6-17)9-13(11)21(2)16-12-4-7-18-15(12)19-10-20-16/h2*4,7,10-11,13H,3,5,8-9H2,1-2H3,(H,18,19,20). The molecule has 4 atom stereocenters. The number of rotatable bonds is 6. The maximum absolute atomic E-state index is 12.0. The van der Waals surface area contributed by atoms with Crippen LogP contribution in [0.15, 0.2) is 37.2 Å². The normalized spacial score (nSPS) is 21.2. The van der Waals surface area contributed by atoms with Gasteiger partial charge in [-0.2, -0.15) is 10.5 Å². The number of aromatic amines is 2. The lowest BCUT2D eigenvalue weighted by Gasteiger charge is -2.42. The number of likely N-dealkylation sites (N-methyl/N-ethyl adjacent to an activating group) is 2. The smallest absolute Gasteiger partial charge is 0.236 e. The van der Waals surface area contributed by atoms with Gasteiger partial charge in [-0.15, -0.1) is 0 Å². The van der Waals surface area contributed by atoms with Gasteiger partial charge in [0.1, 0.15) is 48.4 Å². The van der Waals surface area contributed by atoms with Gasteiger partial charge in [0.05, 0.1) is 35.0 Å². The monoisotopic (exact) mass is 624 g/mol. The highest BCUT2D eigenvalue weighted by Gasteiger charge is 2.34. The molecule has 4 aromatic rings. The number of anilines is 2. The molecule has 2 aliphatic heterocycles. The van der Waals surface area contributed by atoms with Gasteiger partial charge >= 0.3 is 0 Å². The summed E-state index contributed by atoms with van der Waals surface area (Å²) in [6, 6.07) is 8.15. The predicted octanol–water partition coefficient (Wildman–Crippen LogP) is 3.09. The van der Waals surface area contributed by atoms with Crippen molar-refractivity contribution in [3.63, 3.8) is 0 Å². The molecular formula is C32H40N12O2. The van der Waals surface area contributed by atoms with Gasteiger partial charge in [-0.05, 0) is 36.8 Å². The van der Waals surface area contributed by atoms with Crippen molar-refractivity contribution in [1.82, 2.24) is 39.7 Å². The van der Waals surface area contributed by atoms with E-state index in [0.717, 1.165) is 59.6 Å². The topological polar surface area (TPSA) is 178 Å². The lowest BCUT2D eigenvalue weighted by atomic mass is 9.92. The molecule has 240 valence electrons. The van der Waals surface area contributed by atoms with Crippen molar-refractivity contribution >= 4 is 45.5 Å². The number of nitrogens with one attached hydrogen (secondary N) is 2. The zero-order valence-corrected chi connectivity index (χ0v) is 26.7. The second-order valence-electron chi connectivity index (χ2n) is 12.1. The summed E-state index contributed by atoms with van der Waals surface area (Å²) in [5.74, 6) is 2.43. The number of carbonyl (C=O) groups is 2. The highest BCUT2D eigenvalue weighted by Crippen LogP contribution is 2.30. The van der Waals surface area contributed by atoms with Crippen LogP contribution in [0.2, 0.25) is 0 Å². The molecule has 6 rings (SSSR count). The van der Waals surface area contributed by atoms with Gasteiger partial charge in [0, 0.05) is 52.7 Å². The Morgan fingerprint density at radius 3 is 1.59 bits per heavy atom. The Hall–Kier alpha value is -5.24. The number of aromatic nitrogens is 6. The Kier molecular flexibility index (Phi) is 9.96. The Bertz CT molecular complexity index is 1620. The SMILES string of the molecule is CC1CCN(C(=O)CC#N)CC1N(C)c1ncnc2[nH]ccc12.CC1CCN(C(=O)CC#N)CC1N(C)c1ncnc2[nH]ccc12. The third kappa shape index (κ3) is 6.71. The first-order valence-electron chi connectivity index (χ1n) is 15.5. The highest BCUT2D eigenvalue weighted by atomic mass is 16.2. The number of piperidine rings is 2. The van der Waals surface area contributed by atoms with Crippen molar-refractivity contribution in [2.45, 2.75) is 51.6 Å². The zero-order valence-electron chi connectivity index (χ0n) is 26.7. The summed E-state index contributed by atoms with van der Waals surface area (Å²) in [7, 11) is 4.02. The summed E-state index contributed by atoms with van der Waals surface area (Å²) in [6.07, 6.45) is 8.54. The molecule has 2 N–H and O–H groups in total. The minimum absolute atomic E-state index is 0.0552. The van der Waals surface area contributed by atoms with Crippen LogP contribution in [0.5, 0.6) is 0 Å². The molecule has 0 radical (unpaired) electrons. The third-order valence-electron chi connectivity index (χ3n) is 9.33. The number of H-pyrrole nitrogens is 2. The maximum Gasteiger partial charge on any atom is 0.236 e. The Morgan fingerprint density at radius 1 is 0.783 bits per heavy atom. The molecule has 0 aromatic carbocycles. The highest BCUT2D eigenvalue weighted by molar-refractivity contribution is 5.88. The van der Waals surface area contributed by atoms with Crippen LogP contribution in [0, 0.1) is 34.5 Å². The van der Waals surface area contributed by atoms with Crippen molar-refractivity contribution < 1.29 is 9.59 Å². The Labute approximate surface area is 268 Å². The fourth-order valence-corrected chi connectivity index (χ4v) is 6.51. The minimum atomic E-state index is -0.0905. The van der Waals surface area contributed by atoms with Gasteiger partial charge in [-0.25, -0.2) is 19.9 Å². The molecule has 14 nitrogen and oxygen atoms in total. The van der Waals surface area contributed by atoms with E-state index < -0.39 is 0 Å². The van der Waals surface area contributed by atoms with Crippen molar-refractivity contribution in [2.75, 3.05) is 50.1 Å². The first-order chi connectivity index (χ1) is 22.2. The molecule has 0 saturated carbocycles. The molecule has 0 spiro atoms. The molecule has 4 aromatic heterocycles. The van der Waals surface area contributed by atoms with Gasteiger partial charge in [-0.1, -0.05) is 13.8 Å². The van der Waals surface area contributed by atoms with Crippen LogP contribution in [0.1, 0.15) is 39.5 Å². The van der Waals surface area contributed by atoms with Gasteiger partial charge < -0.3 is 29.6 Å². The summed E-state index contributed by atoms with van der Waals surface area (Å²) in [4.78, 5) is 55.4. The summed E-state index contributed by atoms with van der Waals surface area (Å²) < 4.78 is 0. The van der Waals surface area contributed by atoms with E-state index >= 15 is 0 Å². The van der Waals surface area contributed by atoms with Crippen LogP contribution < -0.4 is 9.80 Å².